The lowest BCUT2D eigenvalue weighted by molar-refractivity contribution is -0.274. The molecular weight excluding hydrogens is 499 g/mol. The Hall–Kier alpha value is -2.85. The second-order valence-corrected chi connectivity index (χ2v) is 8.61. The van der Waals surface area contributed by atoms with E-state index in [9.17, 15) is 18.0 Å². The Morgan fingerprint density at radius 1 is 1.33 bits per heavy atom. The number of benzene rings is 1. The number of ether oxygens (including phenoxy) is 2. The minimum Gasteiger partial charge on any atom is -0.442 e. The lowest BCUT2D eigenvalue weighted by Crippen LogP contribution is -2.36. The minimum atomic E-state index is -4.84. The fourth-order valence-corrected chi connectivity index (χ4v) is 3.74. The maximum atomic E-state index is 12.7. The van der Waals surface area contributed by atoms with E-state index >= 15 is 0 Å². The summed E-state index contributed by atoms with van der Waals surface area (Å²) in [5.41, 5.74) is 0. The van der Waals surface area contributed by atoms with Crippen LogP contribution in [-0.2, 0) is 4.79 Å². The summed E-state index contributed by atoms with van der Waals surface area (Å²) in [6.45, 7) is 3.44. The quantitative estimate of drug-likeness (QED) is 0.320. The van der Waals surface area contributed by atoms with E-state index in [0.29, 0.717) is 17.9 Å². The molecule has 0 heterocycles. The summed E-state index contributed by atoms with van der Waals surface area (Å²) < 4.78 is 48.1. The number of hydrogen-bond acceptors (Lipinski definition) is 5. The summed E-state index contributed by atoms with van der Waals surface area (Å²) in [4.78, 5) is 21.2. The van der Waals surface area contributed by atoms with Gasteiger partial charge in [0.25, 0.3) is 0 Å². The molecule has 1 aromatic rings. The molecule has 0 radical (unpaired) electrons. The van der Waals surface area contributed by atoms with Gasteiger partial charge in [0.1, 0.15) is 17.3 Å². The average Bonchev–Trinajstić information content (AvgIpc) is 2.83. The van der Waals surface area contributed by atoms with Gasteiger partial charge >= 0.3 is 6.36 Å². The van der Waals surface area contributed by atoms with Crippen LogP contribution in [0, 0.1) is 17.8 Å². The van der Waals surface area contributed by atoms with Crippen molar-refractivity contribution in [3.05, 3.63) is 47.5 Å². The van der Waals surface area contributed by atoms with Gasteiger partial charge in [-0.05, 0) is 50.3 Å². The Balaban J connectivity index is 2.38. The zero-order chi connectivity index (χ0) is 26.7. The zero-order valence-electron chi connectivity index (χ0n) is 20.4. The Labute approximate surface area is 213 Å². The van der Waals surface area contributed by atoms with Crippen molar-refractivity contribution in [2.24, 2.45) is 27.7 Å². The van der Waals surface area contributed by atoms with Crippen molar-refractivity contribution in [2.45, 2.75) is 39.5 Å². The summed E-state index contributed by atoms with van der Waals surface area (Å²) in [5.74, 6) is -1.14. The first-order valence-electron chi connectivity index (χ1n) is 11.6. The van der Waals surface area contributed by atoms with Crippen molar-refractivity contribution in [1.82, 2.24) is 5.32 Å². The smallest absolute Gasteiger partial charge is 0.442 e. The highest BCUT2D eigenvalue weighted by atomic mass is 35.5. The van der Waals surface area contributed by atoms with Gasteiger partial charge in [-0.1, -0.05) is 36.7 Å². The van der Waals surface area contributed by atoms with Gasteiger partial charge in [0.15, 0.2) is 5.90 Å². The number of amides is 1. The molecule has 36 heavy (non-hydrogen) atoms. The van der Waals surface area contributed by atoms with E-state index < -0.39 is 18.0 Å². The Morgan fingerprint density at radius 3 is 2.64 bits per heavy atom. The molecule has 7 nitrogen and oxygen atoms in total. The number of allylic oxidation sites excluding steroid dienone is 4. The SMILES string of the molecule is CCC(CC1C=CC(Cl)=CC1)C(=NC(=NC)C(C)C(=O)NCCO)Oc1cccc(OC(F)(F)F)c1. The number of hydrogen-bond donors (Lipinski definition) is 2. The summed E-state index contributed by atoms with van der Waals surface area (Å²) in [6, 6.07) is 5.17. The molecule has 0 spiro atoms. The number of carbonyl (C=O) groups excluding carboxylic acids is 1. The van der Waals surface area contributed by atoms with Crippen molar-refractivity contribution in [2.75, 3.05) is 20.2 Å². The van der Waals surface area contributed by atoms with Crippen LogP contribution in [0.1, 0.15) is 33.1 Å². The summed E-state index contributed by atoms with van der Waals surface area (Å²) in [7, 11) is 1.49. The van der Waals surface area contributed by atoms with Crippen molar-refractivity contribution in [3.8, 4) is 11.5 Å². The van der Waals surface area contributed by atoms with E-state index in [4.69, 9.17) is 21.4 Å². The normalized spacial score (nSPS) is 18.3. The Kier molecular flexibility index (Phi) is 11.5. The van der Waals surface area contributed by atoms with Gasteiger partial charge in [-0.15, -0.1) is 13.2 Å². The van der Waals surface area contributed by atoms with Crippen LogP contribution in [0.15, 0.2) is 57.5 Å². The number of rotatable bonds is 10. The van der Waals surface area contributed by atoms with Gasteiger partial charge in [-0.3, -0.25) is 9.79 Å². The molecule has 0 saturated carbocycles. The molecule has 0 aromatic heterocycles. The van der Waals surface area contributed by atoms with Crippen LogP contribution in [0.4, 0.5) is 13.2 Å². The molecule has 1 aliphatic rings. The maximum Gasteiger partial charge on any atom is 0.573 e. The molecular formula is C25H31ClF3N3O4. The molecule has 0 aliphatic heterocycles. The number of carbonyl (C=O) groups is 1. The van der Waals surface area contributed by atoms with Crippen LogP contribution < -0.4 is 14.8 Å². The molecule has 2 rings (SSSR count). The lowest BCUT2D eigenvalue weighted by atomic mass is 9.88. The van der Waals surface area contributed by atoms with Crippen LogP contribution in [0.2, 0.25) is 0 Å². The van der Waals surface area contributed by atoms with E-state index in [2.05, 4.69) is 20.0 Å². The van der Waals surface area contributed by atoms with Gasteiger partial charge in [0.2, 0.25) is 5.91 Å². The monoisotopic (exact) mass is 529 g/mol. The first-order chi connectivity index (χ1) is 17.1. The fourth-order valence-electron chi connectivity index (χ4n) is 3.58. The second-order valence-electron chi connectivity index (χ2n) is 8.18. The molecule has 2 N–H and O–H groups in total. The summed E-state index contributed by atoms with van der Waals surface area (Å²) >= 11 is 6.04. The number of nitrogens with one attached hydrogen (secondary N) is 1. The second kappa shape index (κ2) is 14.0. The molecule has 3 unspecified atom stereocenters. The maximum absolute atomic E-state index is 12.7. The summed E-state index contributed by atoms with van der Waals surface area (Å²) in [5, 5.41) is 12.2. The standard InChI is InChI=1S/C25H31ClF3N3O4/c1-4-18(14-17-8-10-19(26)11-9-17)24(32-22(30-3)16(2)23(34)31-12-13-33)35-20-6-5-7-21(15-20)36-25(27,28)29/h5-8,10-11,15-18,33H,4,9,12-14H2,1-3H3,(H,31,34). The molecule has 1 amide bonds. The molecule has 0 saturated heterocycles. The van der Waals surface area contributed by atoms with Crippen LogP contribution in [0.3, 0.4) is 0 Å². The van der Waals surface area contributed by atoms with Crippen LogP contribution in [0.25, 0.3) is 0 Å². The van der Waals surface area contributed by atoms with Gasteiger partial charge in [0, 0.05) is 30.6 Å². The third kappa shape index (κ3) is 9.66. The fraction of sp³-hybridized carbons (Fsp3) is 0.480. The van der Waals surface area contributed by atoms with Crippen molar-refractivity contribution in [3.63, 3.8) is 0 Å². The molecule has 1 aliphatic carbocycles. The van der Waals surface area contributed by atoms with Gasteiger partial charge in [-0.2, -0.15) is 0 Å². The number of aliphatic imine (C=N–C) groups is 2. The number of halogens is 4. The van der Waals surface area contributed by atoms with Crippen molar-refractivity contribution < 1.29 is 32.5 Å². The highest BCUT2D eigenvalue weighted by molar-refractivity contribution is 6.31. The van der Waals surface area contributed by atoms with Crippen LogP contribution in [0.5, 0.6) is 11.5 Å². The lowest BCUT2D eigenvalue weighted by Gasteiger charge is -2.24. The molecule has 1 aromatic carbocycles. The molecule has 3 atom stereocenters. The first kappa shape index (κ1) is 29.4. The number of alkyl halides is 3. The molecule has 0 fully saturated rings. The van der Waals surface area contributed by atoms with E-state index in [1.165, 1.54) is 25.2 Å². The van der Waals surface area contributed by atoms with Crippen molar-refractivity contribution in [1.29, 1.82) is 0 Å². The van der Waals surface area contributed by atoms with Crippen molar-refractivity contribution >= 4 is 29.2 Å². The molecule has 11 heteroatoms. The van der Waals surface area contributed by atoms with E-state index in [1.807, 2.05) is 25.2 Å². The molecule has 0 bridgehead atoms. The van der Waals surface area contributed by atoms with Gasteiger partial charge in [0.05, 0.1) is 12.5 Å². The average molecular weight is 530 g/mol. The largest absolute Gasteiger partial charge is 0.573 e. The number of amidine groups is 1. The first-order valence-corrected chi connectivity index (χ1v) is 11.9. The third-order valence-electron chi connectivity index (χ3n) is 5.48. The van der Waals surface area contributed by atoms with Gasteiger partial charge in [-0.25, -0.2) is 4.99 Å². The highest BCUT2D eigenvalue weighted by Gasteiger charge is 2.31. The van der Waals surface area contributed by atoms with E-state index in [1.54, 1.807) is 6.92 Å². The topological polar surface area (TPSA) is 92.5 Å². The molecule has 198 valence electrons. The zero-order valence-corrected chi connectivity index (χ0v) is 21.1. The highest BCUT2D eigenvalue weighted by Crippen LogP contribution is 2.30. The predicted molar refractivity (Wildman–Crippen MR) is 133 cm³/mol. The minimum absolute atomic E-state index is 0.0842. The van der Waals surface area contributed by atoms with Gasteiger partial charge < -0.3 is 19.9 Å². The number of aliphatic hydroxyl groups excluding tert-OH is 1. The van der Waals surface area contributed by atoms with Crippen LogP contribution >= 0.6 is 11.6 Å². The number of aliphatic hydroxyl groups is 1. The third-order valence-corrected chi connectivity index (χ3v) is 5.76. The number of nitrogens with zero attached hydrogens (tertiary/aromatic N) is 2. The Bertz CT molecular complexity index is 1010. The summed E-state index contributed by atoms with van der Waals surface area (Å²) in [6.07, 6.45) is 2.87. The predicted octanol–water partition coefficient (Wildman–Crippen LogP) is 5.25. The van der Waals surface area contributed by atoms with E-state index in [-0.39, 0.29) is 48.4 Å². The Morgan fingerprint density at radius 2 is 2.06 bits per heavy atom. The van der Waals surface area contributed by atoms with Crippen LogP contribution in [-0.4, -0.2) is 49.3 Å². The van der Waals surface area contributed by atoms with E-state index in [0.717, 1.165) is 12.5 Å².